The van der Waals surface area contributed by atoms with Crippen molar-refractivity contribution >= 4 is 29.1 Å². The minimum atomic E-state index is -0.761. The van der Waals surface area contributed by atoms with Crippen LogP contribution in [0.2, 0.25) is 5.02 Å². The molecular weight excluding hydrogens is 319 g/mol. The summed E-state index contributed by atoms with van der Waals surface area (Å²) in [5.41, 5.74) is 0.295. The predicted molar refractivity (Wildman–Crippen MR) is 86.6 cm³/mol. The summed E-state index contributed by atoms with van der Waals surface area (Å²) >= 11 is 5.66. The van der Waals surface area contributed by atoms with Gasteiger partial charge in [-0.2, -0.15) is 0 Å². The fourth-order valence-corrected chi connectivity index (χ4v) is 4.23. The van der Waals surface area contributed by atoms with Crippen molar-refractivity contribution in [3.05, 3.63) is 29.0 Å². The lowest BCUT2D eigenvalue weighted by Crippen LogP contribution is -2.45. The maximum absolute atomic E-state index is 13.1. The van der Waals surface area contributed by atoms with E-state index in [0.717, 1.165) is 18.4 Å². The van der Waals surface area contributed by atoms with Crippen molar-refractivity contribution in [2.24, 2.45) is 17.8 Å². The van der Waals surface area contributed by atoms with Crippen molar-refractivity contribution in [1.29, 1.82) is 0 Å². The molecule has 0 aromatic heterocycles. The molecular formula is C17H20ClFN2O2. The molecule has 2 aliphatic carbocycles. The van der Waals surface area contributed by atoms with Gasteiger partial charge < -0.3 is 10.6 Å². The maximum Gasteiger partial charge on any atom is 0.313 e. The van der Waals surface area contributed by atoms with Crippen molar-refractivity contribution in [3.8, 4) is 0 Å². The second kappa shape index (κ2) is 6.48. The lowest BCUT2D eigenvalue weighted by molar-refractivity contribution is -0.136. The van der Waals surface area contributed by atoms with E-state index in [4.69, 9.17) is 11.6 Å². The normalized spacial score (nSPS) is 26.8. The molecule has 2 bridgehead atoms. The standard InChI is InChI=1S/C17H20ClFN2O2/c1-9(13-7-10-2-3-11(13)6-10)20-16(22)17(23)21-12-4-5-15(19)14(18)8-12/h4-5,8-11,13H,2-3,6-7H2,1H3,(H,20,22)(H,21,23). The largest absolute Gasteiger partial charge is 0.345 e. The van der Waals surface area contributed by atoms with Gasteiger partial charge in [0.25, 0.3) is 0 Å². The summed E-state index contributed by atoms with van der Waals surface area (Å²) in [7, 11) is 0. The number of carbonyl (C=O) groups excluding carboxylic acids is 2. The Morgan fingerprint density at radius 3 is 2.65 bits per heavy atom. The van der Waals surface area contributed by atoms with Crippen LogP contribution in [0.5, 0.6) is 0 Å². The number of carbonyl (C=O) groups is 2. The van der Waals surface area contributed by atoms with Gasteiger partial charge in [-0.15, -0.1) is 0 Å². The first-order valence-corrected chi connectivity index (χ1v) is 8.38. The first-order valence-electron chi connectivity index (χ1n) is 8.01. The first kappa shape index (κ1) is 16.2. The van der Waals surface area contributed by atoms with E-state index in [1.54, 1.807) is 0 Å². The molecule has 6 heteroatoms. The number of nitrogens with one attached hydrogen (secondary N) is 2. The molecule has 2 saturated carbocycles. The molecule has 4 atom stereocenters. The third kappa shape index (κ3) is 3.50. The van der Waals surface area contributed by atoms with Crippen LogP contribution >= 0.6 is 11.6 Å². The van der Waals surface area contributed by atoms with Crippen molar-refractivity contribution in [2.45, 2.75) is 38.6 Å². The smallest absolute Gasteiger partial charge is 0.313 e. The highest BCUT2D eigenvalue weighted by Crippen LogP contribution is 2.49. The Kier molecular flexibility index (Phi) is 4.57. The average Bonchev–Trinajstić information content (AvgIpc) is 3.13. The maximum atomic E-state index is 13.1. The molecule has 0 heterocycles. The predicted octanol–water partition coefficient (Wildman–Crippen LogP) is 3.36. The molecule has 0 aliphatic heterocycles. The molecule has 124 valence electrons. The minimum absolute atomic E-state index is 0.0136. The number of hydrogen-bond donors (Lipinski definition) is 2. The van der Waals surface area contributed by atoms with Crippen LogP contribution in [-0.2, 0) is 9.59 Å². The third-order valence-electron chi connectivity index (χ3n) is 5.18. The quantitative estimate of drug-likeness (QED) is 0.830. The van der Waals surface area contributed by atoms with Crippen LogP contribution in [0, 0.1) is 23.6 Å². The zero-order chi connectivity index (χ0) is 16.6. The van der Waals surface area contributed by atoms with Crippen LogP contribution in [-0.4, -0.2) is 17.9 Å². The Labute approximate surface area is 139 Å². The van der Waals surface area contributed by atoms with Crippen molar-refractivity contribution in [3.63, 3.8) is 0 Å². The Hall–Kier alpha value is -1.62. The van der Waals surface area contributed by atoms with Crippen molar-refractivity contribution in [2.75, 3.05) is 5.32 Å². The van der Waals surface area contributed by atoms with Gasteiger partial charge in [-0.1, -0.05) is 18.0 Å². The molecule has 2 aliphatic rings. The highest BCUT2D eigenvalue weighted by molar-refractivity contribution is 6.40. The molecule has 0 saturated heterocycles. The molecule has 3 rings (SSSR count). The third-order valence-corrected chi connectivity index (χ3v) is 5.47. The molecule has 1 aromatic carbocycles. The van der Waals surface area contributed by atoms with E-state index in [-0.39, 0.29) is 11.1 Å². The molecule has 2 amide bonds. The van der Waals surface area contributed by atoms with Crippen LogP contribution < -0.4 is 10.6 Å². The fourth-order valence-electron chi connectivity index (χ4n) is 4.05. The topological polar surface area (TPSA) is 58.2 Å². The van der Waals surface area contributed by atoms with E-state index in [1.807, 2.05) is 6.92 Å². The van der Waals surface area contributed by atoms with E-state index < -0.39 is 17.6 Å². The van der Waals surface area contributed by atoms with E-state index in [2.05, 4.69) is 10.6 Å². The van der Waals surface area contributed by atoms with E-state index in [1.165, 1.54) is 31.4 Å². The van der Waals surface area contributed by atoms with Crippen LogP contribution in [0.4, 0.5) is 10.1 Å². The Morgan fingerprint density at radius 1 is 1.26 bits per heavy atom. The lowest BCUT2D eigenvalue weighted by atomic mass is 9.84. The number of anilines is 1. The molecule has 4 nitrogen and oxygen atoms in total. The van der Waals surface area contributed by atoms with E-state index in [9.17, 15) is 14.0 Å². The summed E-state index contributed by atoms with van der Waals surface area (Å²) in [6.07, 6.45) is 4.93. The number of amides is 2. The Morgan fingerprint density at radius 2 is 2.04 bits per heavy atom. The van der Waals surface area contributed by atoms with Gasteiger partial charge in [0.2, 0.25) is 0 Å². The number of benzene rings is 1. The van der Waals surface area contributed by atoms with E-state index >= 15 is 0 Å². The molecule has 0 spiro atoms. The van der Waals surface area contributed by atoms with Gasteiger partial charge in [0.1, 0.15) is 5.82 Å². The number of fused-ring (bicyclic) bond motifs is 2. The van der Waals surface area contributed by atoms with Crippen molar-refractivity contribution in [1.82, 2.24) is 5.32 Å². The minimum Gasteiger partial charge on any atom is -0.345 e. The highest BCUT2D eigenvalue weighted by atomic mass is 35.5. The lowest BCUT2D eigenvalue weighted by Gasteiger charge is -2.28. The molecule has 4 unspecified atom stereocenters. The zero-order valence-corrected chi connectivity index (χ0v) is 13.7. The summed E-state index contributed by atoms with van der Waals surface area (Å²) in [6.45, 7) is 1.96. The van der Waals surface area contributed by atoms with Crippen LogP contribution in [0.3, 0.4) is 0 Å². The van der Waals surface area contributed by atoms with Gasteiger partial charge >= 0.3 is 11.8 Å². The van der Waals surface area contributed by atoms with Gasteiger partial charge in [-0.25, -0.2) is 4.39 Å². The van der Waals surface area contributed by atoms with Crippen LogP contribution in [0.1, 0.15) is 32.6 Å². The number of rotatable bonds is 3. The summed E-state index contributed by atoms with van der Waals surface area (Å²) in [4.78, 5) is 24.0. The van der Waals surface area contributed by atoms with Crippen molar-refractivity contribution < 1.29 is 14.0 Å². The van der Waals surface area contributed by atoms with Gasteiger partial charge in [0.15, 0.2) is 0 Å². The second-order valence-corrected chi connectivity index (χ2v) is 7.09. The zero-order valence-electron chi connectivity index (χ0n) is 12.9. The monoisotopic (exact) mass is 338 g/mol. The van der Waals surface area contributed by atoms with Gasteiger partial charge in [-0.3, -0.25) is 9.59 Å². The summed E-state index contributed by atoms with van der Waals surface area (Å²) < 4.78 is 13.1. The van der Waals surface area contributed by atoms with Gasteiger partial charge in [0, 0.05) is 11.7 Å². The SMILES string of the molecule is CC(NC(=O)C(=O)Nc1ccc(F)c(Cl)c1)C1CC2CCC1C2. The summed E-state index contributed by atoms with van der Waals surface area (Å²) in [5, 5.41) is 5.13. The van der Waals surface area contributed by atoms with E-state index in [0.29, 0.717) is 17.5 Å². The molecule has 2 N–H and O–H groups in total. The van der Waals surface area contributed by atoms with Crippen LogP contribution in [0.25, 0.3) is 0 Å². The highest BCUT2D eigenvalue weighted by Gasteiger charge is 2.42. The summed E-state index contributed by atoms with van der Waals surface area (Å²) in [6, 6.07) is 3.78. The molecule has 1 aromatic rings. The fraction of sp³-hybridized carbons (Fsp3) is 0.529. The first-order chi connectivity index (χ1) is 10.9. The number of hydrogen-bond acceptors (Lipinski definition) is 2. The Balaban J connectivity index is 1.55. The molecule has 23 heavy (non-hydrogen) atoms. The molecule has 2 fully saturated rings. The van der Waals surface area contributed by atoms with Gasteiger partial charge in [0.05, 0.1) is 5.02 Å². The summed E-state index contributed by atoms with van der Waals surface area (Å²) in [5.74, 6) is -0.0676. The number of halogens is 2. The van der Waals surface area contributed by atoms with Crippen LogP contribution in [0.15, 0.2) is 18.2 Å². The second-order valence-electron chi connectivity index (χ2n) is 6.68. The Bertz CT molecular complexity index is 637. The molecule has 0 radical (unpaired) electrons. The average molecular weight is 339 g/mol. The van der Waals surface area contributed by atoms with Gasteiger partial charge in [-0.05, 0) is 62.1 Å².